The fourth-order valence-corrected chi connectivity index (χ4v) is 3.36. The maximum absolute atomic E-state index is 12.8. The van der Waals surface area contributed by atoms with Gasteiger partial charge < -0.3 is 4.98 Å². The third-order valence-corrected chi connectivity index (χ3v) is 4.69. The van der Waals surface area contributed by atoms with Gasteiger partial charge in [-0.2, -0.15) is 5.10 Å². The molecule has 7 heteroatoms. The molecule has 7 nitrogen and oxygen atoms in total. The van der Waals surface area contributed by atoms with Gasteiger partial charge in [0.15, 0.2) is 0 Å². The molecule has 0 aliphatic rings. The number of nitrogens with one attached hydrogen (secondary N) is 1. The number of benzene rings is 1. The Morgan fingerprint density at radius 2 is 1.85 bits per heavy atom. The molecule has 0 fully saturated rings. The average Bonchev–Trinajstić information content (AvgIpc) is 3.34. The van der Waals surface area contributed by atoms with Crippen molar-refractivity contribution in [2.24, 2.45) is 0 Å². The Kier molecular flexibility index (Phi) is 4.27. The van der Waals surface area contributed by atoms with Gasteiger partial charge in [-0.1, -0.05) is 25.1 Å². The summed E-state index contributed by atoms with van der Waals surface area (Å²) >= 11 is 0. The molecule has 0 unspecified atom stereocenters. The third kappa shape index (κ3) is 2.81. The van der Waals surface area contributed by atoms with Gasteiger partial charge in [-0.3, -0.25) is 13.9 Å². The van der Waals surface area contributed by atoms with Crippen LogP contribution in [-0.2, 0) is 13.1 Å². The van der Waals surface area contributed by atoms with Gasteiger partial charge in [0, 0.05) is 24.8 Å². The molecular formula is C20H21N5O2. The van der Waals surface area contributed by atoms with Gasteiger partial charge in [0.05, 0.1) is 23.1 Å². The van der Waals surface area contributed by atoms with Crippen LogP contribution in [0.3, 0.4) is 0 Å². The summed E-state index contributed by atoms with van der Waals surface area (Å²) in [6.07, 6.45) is 4.37. The maximum Gasteiger partial charge on any atom is 0.331 e. The first-order valence-electron chi connectivity index (χ1n) is 9.10. The van der Waals surface area contributed by atoms with Crippen LogP contribution < -0.4 is 11.2 Å². The van der Waals surface area contributed by atoms with Crippen LogP contribution in [0, 0.1) is 0 Å². The molecule has 0 saturated carbocycles. The highest BCUT2D eigenvalue weighted by molar-refractivity contribution is 5.82. The number of H-pyrrole nitrogens is 1. The first kappa shape index (κ1) is 17.1. The second kappa shape index (κ2) is 6.75. The van der Waals surface area contributed by atoms with E-state index in [4.69, 9.17) is 0 Å². The topological polar surface area (TPSA) is 77.6 Å². The minimum Gasteiger partial charge on any atom is -0.349 e. The molecule has 0 atom stereocenters. The molecule has 0 radical (unpaired) electrons. The Morgan fingerprint density at radius 1 is 1.07 bits per heavy atom. The van der Waals surface area contributed by atoms with Crippen LogP contribution in [0.5, 0.6) is 0 Å². The minimum atomic E-state index is -0.275. The van der Waals surface area contributed by atoms with Crippen molar-refractivity contribution in [3.63, 3.8) is 0 Å². The second-order valence-corrected chi connectivity index (χ2v) is 6.44. The van der Waals surface area contributed by atoms with E-state index in [2.05, 4.69) is 10.1 Å². The Bertz CT molecular complexity index is 1210. The van der Waals surface area contributed by atoms with Crippen molar-refractivity contribution < 1.29 is 0 Å². The van der Waals surface area contributed by atoms with Crippen LogP contribution in [0.25, 0.3) is 28.0 Å². The predicted molar refractivity (Wildman–Crippen MR) is 105 cm³/mol. The molecule has 0 spiro atoms. The summed E-state index contributed by atoms with van der Waals surface area (Å²) in [4.78, 5) is 28.6. The van der Waals surface area contributed by atoms with Gasteiger partial charge in [-0.15, -0.1) is 0 Å². The predicted octanol–water partition coefficient (Wildman–Crippen LogP) is 2.77. The molecule has 27 heavy (non-hydrogen) atoms. The second-order valence-electron chi connectivity index (χ2n) is 6.44. The van der Waals surface area contributed by atoms with Gasteiger partial charge in [-0.05, 0) is 31.5 Å². The fraction of sp³-hybridized carbons (Fsp3) is 0.250. The molecule has 0 aliphatic carbocycles. The van der Waals surface area contributed by atoms with Crippen molar-refractivity contribution in [2.45, 2.75) is 33.4 Å². The summed E-state index contributed by atoms with van der Waals surface area (Å²) in [7, 11) is 0. The van der Waals surface area contributed by atoms with Crippen molar-refractivity contribution in [1.82, 2.24) is 23.9 Å². The van der Waals surface area contributed by atoms with Crippen LogP contribution in [0.15, 0.2) is 58.4 Å². The number of aromatic nitrogens is 5. The lowest BCUT2D eigenvalue weighted by Gasteiger charge is -2.09. The lowest BCUT2D eigenvalue weighted by molar-refractivity contribution is 0.574. The van der Waals surface area contributed by atoms with E-state index in [9.17, 15) is 9.59 Å². The maximum atomic E-state index is 12.8. The molecule has 3 heterocycles. The largest absolute Gasteiger partial charge is 0.349 e. The summed E-state index contributed by atoms with van der Waals surface area (Å²) < 4.78 is 4.72. The van der Waals surface area contributed by atoms with Crippen molar-refractivity contribution in [3.05, 3.63) is 69.6 Å². The molecule has 0 saturated heterocycles. The molecule has 4 aromatic rings. The van der Waals surface area contributed by atoms with E-state index in [0.717, 1.165) is 23.4 Å². The summed E-state index contributed by atoms with van der Waals surface area (Å²) in [5, 5.41) is 4.41. The van der Waals surface area contributed by atoms with Crippen molar-refractivity contribution >= 4 is 11.0 Å². The van der Waals surface area contributed by atoms with Gasteiger partial charge >= 0.3 is 5.69 Å². The van der Waals surface area contributed by atoms with Gasteiger partial charge in [-0.25, -0.2) is 9.48 Å². The van der Waals surface area contributed by atoms with Crippen LogP contribution in [-0.4, -0.2) is 23.9 Å². The number of para-hydroxylation sites is 1. The molecule has 1 N–H and O–H groups in total. The Hall–Kier alpha value is -3.35. The van der Waals surface area contributed by atoms with E-state index >= 15 is 0 Å². The summed E-state index contributed by atoms with van der Waals surface area (Å²) in [5.74, 6) is 0. The molecule has 0 aliphatic heterocycles. The fourth-order valence-electron chi connectivity index (χ4n) is 3.36. The van der Waals surface area contributed by atoms with E-state index in [1.807, 2.05) is 56.4 Å². The van der Waals surface area contributed by atoms with Crippen LogP contribution >= 0.6 is 0 Å². The summed E-state index contributed by atoms with van der Waals surface area (Å²) in [6, 6.07) is 11.7. The van der Waals surface area contributed by atoms with Gasteiger partial charge in [0.2, 0.25) is 0 Å². The summed E-state index contributed by atoms with van der Waals surface area (Å²) in [5.41, 5.74) is 3.11. The van der Waals surface area contributed by atoms with E-state index < -0.39 is 0 Å². The highest BCUT2D eigenvalue weighted by Crippen LogP contribution is 2.22. The molecule has 4 rings (SSSR count). The third-order valence-electron chi connectivity index (χ3n) is 4.69. The smallest absolute Gasteiger partial charge is 0.331 e. The molecular weight excluding hydrogens is 342 g/mol. The molecule has 0 bridgehead atoms. The van der Waals surface area contributed by atoms with E-state index in [-0.39, 0.29) is 11.2 Å². The van der Waals surface area contributed by atoms with Crippen molar-refractivity contribution in [1.29, 1.82) is 0 Å². The molecule has 1 aromatic carbocycles. The zero-order valence-electron chi connectivity index (χ0n) is 15.3. The molecule has 138 valence electrons. The van der Waals surface area contributed by atoms with Gasteiger partial charge in [0.1, 0.15) is 5.52 Å². The standard InChI is InChI=1S/C20H21N5O2/c1-3-10-24-19(26)18-17(23(4-2)20(24)27)11-16(22-18)14-12-21-25(13-14)15-8-6-5-7-9-15/h5-9,11-13,22H,3-4,10H2,1-2H3. The Labute approximate surface area is 155 Å². The SMILES string of the molecule is CCCn1c(=O)c2[nH]c(-c3cnn(-c4ccccc4)c3)cc2n(CC)c1=O. The quantitative estimate of drug-likeness (QED) is 0.592. The van der Waals surface area contributed by atoms with Crippen LogP contribution in [0.2, 0.25) is 0 Å². The number of rotatable bonds is 5. The zero-order valence-corrected chi connectivity index (χ0v) is 15.3. The molecule has 3 aromatic heterocycles. The number of fused-ring (bicyclic) bond motifs is 1. The van der Waals surface area contributed by atoms with E-state index in [0.29, 0.717) is 24.1 Å². The average molecular weight is 363 g/mol. The van der Waals surface area contributed by atoms with Gasteiger partial charge in [0.25, 0.3) is 5.56 Å². The number of hydrogen-bond acceptors (Lipinski definition) is 3. The number of aryl methyl sites for hydroxylation is 1. The highest BCUT2D eigenvalue weighted by Gasteiger charge is 2.16. The monoisotopic (exact) mass is 363 g/mol. The zero-order chi connectivity index (χ0) is 19.0. The van der Waals surface area contributed by atoms with Crippen molar-refractivity contribution in [2.75, 3.05) is 0 Å². The normalized spacial score (nSPS) is 11.3. The van der Waals surface area contributed by atoms with Crippen LogP contribution in [0.4, 0.5) is 0 Å². The first-order valence-corrected chi connectivity index (χ1v) is 9.10. The van der Waals surface area contributed by atoms with E-state index in [1.165, 1.54) is 4.57 Å². The lowest BCUT2D eigenvalue weighted by Crippen LogP contribution is -2.39. The van der Waals surface area contributed by atoms with Crippen molar-refractivity contribution in [3.8, 4) is 16.9 Å². The van der Waals surface area contributed by atoms with Crippen LogP contribution in [0.1, 0.15) is 20.3 Å². The number of aromatic amines is 1. The Morgan fingerprint density at radius 3 is 2.56 bits per heavy atom. The number of hydrogen-bond donors (Lipinski definition) is 1. The first-order chi connectivity index (χ1) is 13.1. The minimum absolute atomic E-state index is 0.262. The Balaban J connectivity index is 1.87. The van der Waals surface area contributed by atoms with E-state index in [1.54, 1.807) is 15.4 Å². The number of nitrogens with zero attached hydrogens (tertiary/aromatic N) is 4. The molecule has 0 amide bonds. The highest BCUT2D eigenvalue weighted by atomic mass is 16.2. The lowest BCUT2D eigenvalue weighted by atomic mass is 10.2. The summed E-state index contributed by atoms with van der Waals surface area (Å²) in [6.45, 7) is 4.76.